The van der Waals surface area contributed by atoms with Crippen LogP contribution < -0.4 is 25.4 Å². The molecule has 28 heavy (non-hydrogen) atoms. The van der Waals surface area contributed by atoms with Crippen LogP contribution in [0, 0.1) is 5.92 Å². The fourth-order valence-electron chi connectivity index (χ4n) is 2.83. The second-order valence-electron chi connectivity index (χ2n) is 6.89. The molecule has 0 spiro atoms. The SMILES string of the molecule is CC(C)[C@H](NC(=O)Nc1ccccc1)C(=O)Nc1ccc2c(c1)OCCCO2. The van der Waals surface area contributed by atoms with Crippen LogP contribution in [0.3, 0.4) is 0 Å². The first-order valence-electron chi connectivity index (χ1n) is 9.36. The predicted molar refractivity (Wildman–Crippen MR) is 108 cm³/mol. The zero-order chi connectivity index (χ0) is 19.9. The van der Waals surface area contributed by atoms with Gasteiger partial charge >= 0.3 is 6.03 Å². The molecular weight excluding hydrogens is 358 g/mol. The minimum absolute atomic E-state index is 0.0954. The monoisotopic (exact) mass is 383 g/mol. The summed E-state index contributed by atoms with van der Waals surface area (Å²) in [4.78, 5) is 25.0. The molecule has 1 heterocycles. The number of carbonyl (C=O) groups is 2. The van der Waals surface area contributed by atoms with Crippen molar-refractivity contribution in [3.8, 4) is 11.5 Å². The van der Waals surface area contributed by atoms with Gasteiger partial charge in [-0.25, -0.2) is 4.79 Å². The zero-order valence-corrected chi connectivity index (χ0v) is 16.0. The van der Waals surface area contributed by atoms with Gasteiger partial charge in [-0.3, -0.25) is 4.79 Å². The third kappa shape index (κ3) is 5.16. The highest BCUT2D eigenvalue weighted by molar-refractivity contribution is 5.99. The van der Waals surface area contributed by atoms with Crippen LogP contribution in [0.5, 0.6) is 11.5 Å². The largest absolute Gasteiger partial charge is 0.490 e. The third-order valence-electron chi connectivity index (χ3n) is 4.28. The van der Waals surface area contributed by atoms with Crippen LogP contribution >= 0.6 is 0 Å². The van der Waals surface area contributed by atoms with E-state index in [0.717, 1.165) is 6.42 Å². The van der Waals surface area contributed by atoms with E-state index >= 15 is 0 Å². The summed E-state index contributed by atoms with van der Waals surface area (Å²) in [6.07, 6.45) is 0.812. The Morgan fingerprint density at radius 1 is 0.893 bits per heavy atom. The molecule has 1 aliphatic heterocycles. The van der Waals surface area contributed by atoms with Crippen molar-refractivity contribution in [2.45, 2.75) is 26.3 Å². The maximum absolute atomic E-state index is 12.8. The number of para-hydroxylation sites is 1. The first-order valence-corrected chi connectivity index (χ1v) is 9.36. The van der Waals surface area contributed by atoms with Crippen molar-refractivity contribution in [2.75, 3.05) is 23.8 Å². The summed E-state index contributed by atoms with van der Waals surface area (Å²) in [5.41, 5.74) is 1.25. The molecule has 0 unspecified atom stereocenters. The van der Waals surface area contributed by atoms with Crippen molar-refractivity contribution < 1.29 is 19.1 Å². The smallest absolute Gasteiger partial charge is 0.319 e. The molecule has 1 aliphatic rings. The summed E-state index contributed by atoms with van der Waals surface area (Å²) in [5.74, 6) is 0.872. The van der Waals surface area contributed by atoms with Crippen LogP contribution in [0.1, 0.15) is 20.3 Å². The van der Waals surface area contributed by atoms with E-state index in [1.54, 1.807) is 30.3 Å². The van der Waals surface area contributed by atoms with Gasteiger partial charge in [-0.15, -0.1) is 0 Å². The molecule has 0 bridgehead atoms. The summed E-state index contributed by atoms with van der Waals surface area (Å²) in [6.45, 7) is 4.93. The molecule has 7 nitrogen and oxygen atoms in total. The van der Waals surface area contributed by atoms with E-state index in [1.807, 2.05) is 32.0 Å². The van der Waals surface area contributed by atoms with Gasteiger partial charge in [0.25, 0.3) is 0 Å². The number of ether oxygens (including phenoxy) is 2. The number of anilines is 2. The molecule has 0 aliphatic carbocycles. The lowest BCUT2D eigenvalue weighted by molar-refractivity contribution is -0.118. The number of benzene rings is 2. The summed E-state index contributed by atoms with van der Waals surface area (Å²) in [6, 6.07) is 13.2. The minimum Gasteiger partial charge on any atom is -0.490 e. The van der Waals surface area contributed by atoms with Gasteiger partial charge in [-0.1, -0.05) is 32.0 Å². The molecule has 0 saturated carbocycles. The van der Waals surface area contributed by atoms with E-state index in [1.165, 1.54) is 0 Å². The van der Waals surface area contributed by atoms with Crippen LogP contribution in [0.25, 0.3) is 0 Å². The van der Waals surface area contributed by atoms with Gasteiger partial charge in [0.1, 0.15) is 6.04 Å². The van der Waals surface area contributed by atoms with Crippen molar-refractivity contribution >= 4 is 23.3 Å². The lowest BCUT2D eigenvalue weighted by Crippen LogP contribution is -2.48. The number of nitrogens with one attached hydrogen (secondary N) is 3. The average Bonchev–Trinajstić information content (AvgIpc) is 2.91. The number of hydrogen-bond donors (Lipinski definition) is 3. The fraction of sp³-hybridized carbons (Fsp3) is 0.333. The maximum atomic E-state index is 12.8. The molecule has 0 fully saturated rings. The van der Waals surface area contributed by atoms with Crippen molar-refractivity contribution in [3.63, 3.8) is 0 Å². The lowest BCUT2D eigenvalue weighted by atomic mass is 10.0. The Kier molecular flexibility index (Phi) is 6.37. The van der Waals surface area contributed by atoms with E-state index in [9.17, 15) is 9.59 Å². The molecule has 0 radical (unpaired) electrons. The van der Waals surface area contributed by atoms with Crippen molar-refractivity contribution in [2.24, 2.45) is 5.92 Å². The third-order valence-corrected chi connectivity index (χ3v) is 4.28. The Hall–Kier alpha value is -3.22. The van der Waals surface area contributed by atoms with E-state index < -0.39 is 12.1 Å². The van der Waals surface area contributed by atoms with Crippen molar-refractivity contribution in [1.82, 2.24) is 5.32 Å². The molecule has 3 amide bonds. The number of amides is 3. The Balaban J connectivity index is 1.64. The van der Waals surface area contributed by atoms with Gasteiger partial charge in [0, 0.05) is 23.9 Å². The van der Waals surface area contributed by atoms with Gasteiger partial charge in [-0.05, 0) is 30.2 Å². The molecule has 148 valence electrons. The number of urea groups is 1. The summed E-state index contributed by atoms with van der Waals surface area (Å²) in [7, 11) is 0. The Morgan fingerprint density at radius 3 is 2.32 bits per heavy atom. The van der Waals surface area contributed by atoms with Crippen LogP contribution in [-0.2, 0) is 4.79 Å². The van der Waals surface area contributed by atoms with Crippen LogP contribution in [0.15, 0.2) is 48.5 Å². The topological polar surface area (TPSA) is 88.7 Å². The second kappa shape index (κ2) is 9.12. The predicted octanol–water partition coefficient (Wildman–Crippen LogP) is 3.63. The molecule has 2 aromatic carbocycles. The van der Waals surface area contributed by atoms with Crippen LogP contribution in [-0.4, -0.2) is 31.2 Å². The van der Waals surface area contributed by atoms with E-state index in [4.69, 9.17) is 9.47 Å². The minimum atomic E-state index is -0.695. The molecule has 7 heteroatoms. The average molecular weight is 383 g/mol. The summed E-state index contributed by atoms with van der Waals surface area (Å²) < 4.78 is 11.3. The molecule has 3 rings (SSSR count). The highest BCUT2D eigenvalue weighted by atomic mass is 16.5. The Labute approximate surface area is 164 Å². The molecule has 2 aromatic rings. The fourth-order valence-corrected chi connectivity index (χ4v) is 2.83. The normalized spacial score (nSPS) is 14.0. The summed E-state index contributed by atoms with van der Waals surface area (Å²) in [5, 5.41) is 8.31. The molecular formula is C21H25N3O4. The molecule has 0 saturated heterocycles. The van der Waals surface area contributed by atoms with Gasteiger partial charge in [0.2, 0.25) is 5.91 Å². The quantitative estimate of drug-likeness (QED) is 0.736. The second-order valence-corrected chi connectivity index (χ2v) is 6.89. The van der Waals surface area contributed by atoms with Crippen LogP contribution in [0.4, 0.5) is 16.2 Å². The molecule has 0 aromatic heterocycles. The zero-order valence-electron chi connectivity index (χ0n) is 16.0. The first-order chi connectivity index (χ1) is 13.5. The van der Waals surface area contributed by atoms with Crippen molar-refractivity contribution in [3.05, 3.63) is 48.5 Å². The van der Waals surface area contributed by atoms with Crippen LogP contribution in [0.2, 0.25) is 0 Å². The first kappa shape index (κ1) is 19.5. The van der Waals surface area contributed by atoms with Crippen molar-refractivity contribution in [1.29, 1.82) is 0 Å². The van der Waals surface area contributed by atoms with Gasteiger partial charge in [0.05, 0.1) is 13.2 Å². The Morgan fingerprint density at radius 2 is 1.61 bits per heavy atom. The number of fused-ring (bicyclic) bond motifs is 1. The highest BCUT2D eigenvalue weighted by Crippen LogP contribution is 2.32. The highest BCUT2D eigenvalue weighted by Gasteiger charge is 2.25. The molecule has 1 atom stereocenters. The number of rotatable bonds is 5. The standard InChI is InChI=1S/C21H25N3O4/c1-14(2)19(24-21(26)23-15-7-4-3-5-8-15)20(25)22-16-9-10-17-18(13-16)28-12-6-11-27-17/h3-5,7-10,13-14,19H,6,11-12H2,1-2H3,(H,22,25)(H2,23,24,26)/t19-/m0/s1. The lowest BCUT2D eigenvalue weighted by Gasteiger charge is -2.22. The van der Waals surface area contributed by atoms with E-state index in [2.05, 4.69) is 16.0 Å². The Bertz CT molecular complexity index is 824. The number of carbonyl (C=O) groups excluding carboxylic acids is 2. The van der Waals surface area contributed by atoms with E-state index in [0.29, 0.717) is 36.1 Å². The number of hydrogen-bond acceptors (Lipinski definition) is 4. The summed E-state index contributed by atoms with van der Waals surface area (Å²) >= 11 is 0. The van der Waals surface area contributed by atoms with Gasteiger partial charge in [0.15, 0.2) is 11.5 Å². The maximum Gasteiger partial charge on any atom is 0.319 e. The van der Waals surface area contributed by atoms with Gasteiger partial charge in [-0.2, -0.15) is 0 Å². The van der Waals surface area contributed by atoms with Gasteiger partial charge < -0.3 is 25.4 Å². The van der Waals surface area contributed by atoms with E-state index in [-0.39, 0.29) is 11.8 Å². The molecule has 3 N–H and O–H groups in total.